The van der Waals surface area contributed by atoms with Gasteiger partial charge in [0, 0.05) is 6.54 Å². The van der Waals surface area contributed by atoms with Crippen LogP contribution in [0.25, 0.3) is 0 Å². The molecule has 0 radical (unpaired) electrons. The van der Waals surface area contributed by atoms with Gasteiger partial charge in [0.15, 0.2) is 0 Å². The van der Waals surface area contributed by atoms with Gasteiger partial charge in [0.25, 0.3) is 0 Å². The van der Waals surface area contributed by atoms with Gasteiger partial charge in [-0.2, -0.15) is 0 Å². The minimum absolute atomic E-state index is 0.202. The summed E-state index contributed by atoms with van der Waals surface area (Å²) in [6.07, 6.45) is 3.62. The standard InChI is InChI=1S/C10H16N4O/c1-2-9-8(5-10(11)15)12-13-14(9)6-7-3-4-7/h7H,2-6H2,1H3,(H2,11,15). The Balaban J connectivity index is 2.15. The number of hydrogen-bond acceptors (Lipinski definition) is 3. The lowest BCUT2D eigenvalue weighted by atomic mass is 10.2. The van der Waals surface area contributed by atoms with Crippen molar-refractivity contribution < 1.29 is 4.79 Å². The van der Waals surface area contributed by atoms with Crippen LogP contribution >= 0.6 is 0 Å². The van der Waals surface area contributed by atoms with E-state index in [0.717, 1.165) is 30.3 Å². The summed E-state index contributed by atoms with van der Waals surface area (Å²) in [5, 5.41) is 8.10. The van der Waals surface area contributed by atoms with E-state index in [2.05, 4.69) is 10.3 Å². The molecule has 5 nitrogen and oxygen atoms in total. The van der Waals surface area contributed by atoms with Crippen LogP contribution in [0.3, 0.4) is 0 Å². The van der Waals surface area contributed by atoms with E-state index in [1.807, 2.05) is 11.6 Å². The minimum Gasteiger partial charge on any atom is -0.369 e. The van der Waals surface area contributed by atoms with Crippen molar-refractivity contribution in [2.75, 3.05) is 0 Å². The Morgan fingerprint density at radius 1 is 1.60 bits per heavy atom. The van der Waals surface area contributed by atoms with Crippen molar-refractivity contribution in [2.45, 2.75) is 39.2 Å². The monoisotopic (exact) mass is 208 g/mol. The Morgan fingerprint density at radius 2 is 2.33 bits per heavy atom. The molecule has 5 heteroatoms. The second-order valence-corrected chi connectivity index (χ2v) is 4.10. The molecule has 82 valence electrons. The summed E-state index contributed by atoms with van der Waals surface area (Å²) in [5.41, 5.74) is 6.95. The van der Waals surface area contributed by atoms with E-state index in [9.17, 15) is 4.79 Å². The number of rotatable bonds is 5. The summed E-state index contributed by atoms with van der Waals surface area (Å²) in [5.74, 6) is 0.418. The first-order chi connectivity index (χ1) is 7.20. The fraction of sp³-hybridized carbons (Fsp3) is 0.700. The molecule has 0 aromatic carbocycles. The van der Waals surface area contributed by atoms with Crippen LogP contribution in [-0.2, 0) is 24.2 Å². The molecule has 2 rings (SSSR count). The highest BCUT2D eigenvalue weighted by molar-refractivity contribution is 5.76. The van der Waals surface area contributed by atoms with Crippen LogP contribution in [0, 0.1) is 5.92 Å². The summed E-state index contributed by atoms with van der Waals surface area (Å²) in [7, 11) is 0. The predicted molar refractivity (Wildman–Crippen MR) is 55.0 cm³/mol. The van der Waals surface area contributed by atoms with Gasteiger partial charge in [0.2, 0.25) is 5.91 Å². The van der Waals surface area contributed by atoms with Gasteiger partial charge in [-0.25, -0.2) is 4.68 Å². The van der Waals surface area contributed by atoms with Gasteiger partial charge in [-0.3, -0.25) is 4.79 Å². The van der Waals surface area contributed by atoms with Crippen molar-refractivity contribution in [3.63, 3.8) is 0 Å². The van der Waals surface area contributed by atoms with E-state index in [1.165, 1.54) is 12.8 Å². The number of aromatic nitrogens is 3. The highest BCUT2D eigenvalue weighted by Crippen LogP contribution is 2.30. The molecule has 1 aliphatic carbocycles. The quantitative estimate of drug-likeness (QED) is 0.755. The number of primary amides is 1. The number of amides is 1. The third-order valence-electron chi connectivity index (χ3n) is 2.72. The Hall–Kier alpha value is -1.39. The maximum atomic E-state index is 10.8. The zero-order valence-corrected chi connectivity index (χ0v) is 8.94. The number of hydrogen-bond donors (Lipinski definition) is 1. The average Bonchev–Trinajstić information content (AvgIpc) is 2.89. The normalized spacial score (nSPS) is 15.5. The van der Waals surface area contributed by atoms with E-state index in [1.54, 1.807) is 0 Å². The summed E-state index contributed by atoms with van der Waals surface area (Å²) in [4.78, 5) is 10.8. The van der Waals surface area contributed by atoms with E-state index < -0.39 is 0 Å². The van der Waals surface area contributed by atoms with Gasteiger partial charge in [-0.1, -0.05) is 12.1 Å². The summed E-state index contributed by atoms with van der Waals surface area (Å²) >= 11 is 0. The Bertz CT molecular complexity index is 367. The highest BCUT2D eigenvalue weighted by Gasteiger charge is 2.24. The SMILES string of the molecule is CCc1c(CC(N)=O)nnn1CC1CC1. The van der Waals surface area contributed by atoms with E-state index in [0.29, 0.717) is 0 Å². The molecule has 15 heavy (non-hydrogen) atoms. The smallest absolute Gasteiger partial charge is 0.223 e. The molecule has 1 aliphatic rings. The third-order valence-corrected chi connectivity index (χ3v) is 2.72. The second-order valence-electron chi connectivity index (χ2n) is 4.10. The molecule has 1 aromatic rings. The minimum atomic E-state index is -0.344. The fourth-order valence-corrected chi connectivity index (χ4v) is 1.75. The molecule has 0 unspecified atom stereocenters. The molecule has 0 aliphatic heterocycles. The molecule has 0 spiro atoms. The van der Waals surface area contributed by atoms with Crippen LogP contribution in [0.15, 0.2) is 0 Å². The van der Waals surface area contributed by atoms with Crippen molar-refractivity contribution in [3.8, 4) is 0 Å². The lowest BCUT2D eigenvalue weighted by Gasteiger charge is -2.03. The van der Waals surface area contributed by atoms with E-state index >= 15 is 0 Å². The molecule has 0 bridgehead atoms. The van der Waals surface area contributed by atoms with Gasteiger partial charge in [0.05, 0.1) is 17.8 Å². The zero-order chi connectivity index (χ0) is 10.8. The van der Waals surface area contributed by atoms with Crippen LogP contribution in [0.1, 0.15) is 31.2 Å². The topological polar surface area (TPSA) is 73.8 Å². The van der Waals surface area contributed by atoms with Crippen molar-refractivity contribution in [1.29, 1.82) is 0 Å². The van der Waals surface area contributed by atoms with Gasteiger partial charge < -0.3 is 5.73 Å². The first kappa shape index (κ1) is 10.1. The van der Waals surface area contributed by atoms with E-state index in [4.69, 9.17) is 5.73 Å². The van der Waals surface area contributed by atoms with Crippen molar-refractivity contribution in [2.24, 2.45) is 11.7 Å². The molecule has 1 aromatic heterocycles. The maximum absolute atomic E-state index is 10.8. The second kappa shape index (κ2) is 4.00. The third kappa shape index (κ3) is 2.34. The Labute approximate surface area is 88.6 Å². The van der Waals surface area contributed by atoms with Gasteiger partial charge in [-0.15, -0.1) is 5.10 Å². The molecule has 1 amide bonds. The van der Waals surface area contributed by atoms with Gasteiger partial charge in [0.1, 0.15) is 0 Å². The van der Waals surface area contributed by atoms with Gasteiger partial charge in [-0.05, 0) is 25.2 Å². The first-order valence-corrected chi connectivity index (χ1v) is 5.40. The van der Waals surface area contributed by atoms with Crippen LogP contribution in [0.5, 0.6) is 0 Å². The molecule has 0 saturated heterocycles. The maximum Gasteiger partial charge on any atom is 0.223 e. The predicted octanol–water partition coefficient (Wildman–Crippen LogP) is 0.278. The average molecular weight is 208 g/mol. The molecule has 1 saturated carbocycles. The van der Waals surface area contributed by atoms with Crippen molar-refractivity contribution in [3.05, 3.63) is 11.4 Å². The number of carbonyl (C=O) groups is 1. The fourth-order valence-electron chi connectivity index (χ4n) is 1.75. The number of carbonyl (C=O) groups excluding carboxylic acids is 1. The molecule has 1 fully saturated rings. The van der Waals surface area contributed by atoms with Crippen molar-refractivity contribution >= 4 is 5.91 Å². The lowest BCUT2D eigenvalue weighted by Crippen LogP contribution is -2.15. The van der Waals surface area contributed by atoms with Crippen molar-refractivity contribution in [1.82, 2.24) is 15.0 Å². The molecule has 0 atom stereocenters. The van der Waals surface area contributed by atoms with Gasteiger partial charge >= 0.3 is 0 Å². The van der Waals surface area contributed by atoms with Crippen LogP contribution < -0.4 is 5.73 Å². The zero-order valence-electron chi connectivity index (χ0n) is 8.94. The molecule has 1 heterocycles. The summed E-state index contributed by atoms with van der Waals surface area (Å²) in [6, 6.07) is 0. The Kier molecular flexibility index (Phi) is 2.70. The Morgan fingerprint density at radius 3 is 2.87 bits per heavy atom. The highest BCUT2D eigenvalue weighted by atomic mass is 16.1. The summed E-state index contributed by atoms with van der Waals surface area (Å²) in [6.45, 7) is 2.99. The lowest BCUT2D eigenvalue weighted by molar-refractivity contribution is -0.117. The van der Waals surface area contributed by atoms with Crippen LogP contribution in [0.2, 0.25) is 0 Å². The molecule has 2 N–H and O–H groups in total. The first-order valence-electron chi connectivity index (χ1n) is 5.40. The number of nitrogens with zero attached hydrogens (tertiary/aromatic N) is 3. The summed E-state index contributed by atoms with van der Waals surface area (Å²) < 4.78 is 1.93. The molecular weight excluding hydrogens is 192 g/mol. The van der Waals surface area contributed by atoms with E-state index in [-0.39, 0.29) is 12.3 Å². The number of nitrogens with two attached hydrogens (primary N) is 1. The van der Waals surface area contributed by atoms with Crippen LogP contribution in [0.4, 0.5) is 0 Å². The largest absolute Gasteiger partial charge is 0.369 e. The van der Waals surface area contributed by atoms with Crippen LogP contribution in [-0.4, -0.2) is 20.9 Å². The molecular formula is C10H16N4O.